The fourth-order valence-electron chi connectivity index (χ4n) is 3.93. The van der Waals surface area contributed by atoms with Gasteiger partial charge in [-0.2, -0.15) is 9.62 Å². The van der Waals surface area contributed by atoms with Crippen LogP contribution in [0.15, 0.2) is 53.3 Å². The molecule has 9 heteroatoms. The molecular weight excluding hydrogens is 426 g/mol. The SMILES string of the molecule is Cc1ccc(C#N)cc1C(=O)N=S(C)(=O)C1CCN(C(=O)c2ccn3ccnc3c2)CC1. The van der Waals surface area contributed by atoms with Crippen molar-refractivity contribution in [1.82, 2.24) is 14.3 Å². The van der Waals surface area contributed by atoms with Gasteiger partial charge in [-0.05, 0) is 49.6 Å². The van der Waals surface area contributed by atoms with Crippen molar-refractivity contribution in [3.63, 3.8) is 0 Å². The number of piperidine rings is 1. The molecule has 1 aromatic carbocycles. The number of fused-ring (bicyclic) bond motifs is 1. The Labute approximate surface area is 186 Å². The summed E-state index contributed by atoms with van der Waals surface area (Å²) in [4.78, 5) is 31.6. The third-order valence-corrected chi connectivity index (χ3v) is 8.09. The highest BCUT2D eigenvalue weighted by Gasteiger charge is 2.29. The number of nitriles is 1. The zero-order chi connectivity index (χ0) is 22.9. The number of hydrogen-bond donors (Lipinski definition) is 0. The molecule has 8 nitrogen and oxygen atoms in total. The van der Waals surface area contributed by atoms with E-state index in [2.05, 4.69) is 9.35 Å². The monoisotopic (exact) mass is 449 g/mol. The van der Waals surface area contributed by atoms with Crippen molar-refractivity contribution in [2.24, 2.45) is 4.36 Å². The lowest BCUT2D eigenvalue weighted by Gasteiger charge is -2.32. The maximum Gasteiger partial charge on any atom is 0.285 e. The number of benzene rings is 1. The molecule has 0 saturated carbocycles. The van der Waals surface area contributed by atoms with Crippen LogP contribution < -0.4 is 0 Å². The van der Waals surface area contributed by atoms with Crippen molar-refractivity contribution in [3.05, 3.63) is 71.2 Å². The molecule has 164 valence electrons. The molecule has 1 aliphatic rings. The summed E-state index contributed by atoms with van der Waals surface area (Å²) in [6.45, 7) is 2.65. The fourth-order valence-corrected chi connectivity index (χ4v) is 5.59. The van der Waals surface area contributed by atoms with Crippen LogP contribution in [0, 0.1) is 18.3 Å². The Balaban J connectivity index is 1.47. The van der Waals surface area contributed by atoms with Gasteiger partial charge >= 0.3 is 0 Å². The lowest BCUT2D eigenvalue weighted by molar-refractivity contribution is 0.0726. The number of aromatic nitrogens is 2. The molecule has 1 saturated heterocycles. The molecule has 2 aromatic heterocycles. The van der Waals surface area contributed by atoms with Crippen LogP contribution in [0.2, 0.25) is 0 Å². The van der Waals surface area contributed by atoms with Gasteiger partial charge in [0.25, 0.3) is 11.8 Å². The highest BCUT2D eigenvalue weighted by atomic mass is 32.2. The van der Waals surface area contributed by atoms with Crippen LogP contribution in [-0.2, 0) is 9.73 Å². The molecule has 0 spiro atoms. The first-order chi connectivity index (χ1) is 15.3. The number of amides is 2. The van der Waals surface area contributed by atoms with E-state index < -0.39 is 15.6 Å². The first-order valence-electron chi connectivity index (χ1n) is 10.3. The number of carbonyl (C=O) groups excluding carboxylic acids is 2. The molecule has 1 unspecified atom stereocenters. The molecule has 3 aromatic rings. The molecule has 2 amide bonds. The van der Waals surface area contributed by atoms with Crippen molar-refractivity contribution < 1.29 is 13.8 Å². The van der Waals surface area contributed by atoms with E-state index in [0.717, 1.165) is 0 Å². The lowest BCUT2D eigenvalue weighted by atomic mass is 10.1. The maximum atomic E-state index is 13.3. The Morgan fingerprint density at radius 1 is 1.19 bits per heavy atom. The van der Waals surface area contributed by atoms with Crippen LogP contribution in [0.4, 0.5) is 0 Å². The molecule has 0 aliphatic carbocycles. The van der Waals surface area contributed by atoms with E-state index in [4.69, 9.17) is 5.26 Å². The molecule has 1 atom stereocenters. The molecule has 32 heavy (non-hydrogen) atoms. The Kier molecular flexibility index (Phi) is 5.80. The summed E-state index contributed by atoms with van der Waals surface area (Å²) in [5.41, 5.74) is 2.60. The average molecular weight is 450 g/mol. The van der Waals surface area contributed by atoms with Gasteiger partial charge in [0.05, 0.1) is 21.4 Å². The number of hydrogen-bond acceptors (Lipinski definition) is 5. The number of likely N-dealkylation sites (tertiary alicyclic amines) is 1. The molecule has 1 fully saturated rings. The van der Waals surface area contributed by atoms with Gasteiger partial charge in [-0.3, -0.25) is 9.59 Å². The number of imidazole rings is 1. The average Bonchev–Trinajstić information content (AvgIpc) is 3.26. The second-order valence-electron chi connectivity index (χ2n) is 8.00. The van der Waals surface area contributed by atoms with Gasteiger partial charge in [0.1, 0.15) is 5.65 Å². The van der Waals surface area contributed by atoms with Crippen LogP contribution in [0.3, 0.4) is 0 Å². The van der Waals surface area contributed by atoms with E-state index in [1.54, 1.807) is 48.5 Å². The smallest absolute Gasteiger partial charge is 0.285 e. The number of rotatable bonds is 3. The van der Waals surface area contributed by atoms with Crippen molar-refractivity contribution in [1.29, 1.82) is 5.26 Å². The summed E-state index contributed by atoms with van der Waals surface area (Å²) in [5, 5.41) is 8.79. The Hall–Kier alpha value is -3.51. The minimum absolute atomic E-state index is 0.0893. The molecule has 1 aliphatic heterocycles. The third kappa shape index (κ3) is 4.27. The van der Waals surface area contributed by atoms with Gasteiger partial charge in [0, 0.05) is 54.3 Å². The van der Waals surface area contributed by atoms with Gasteiger partial charge in [-0.1, -0.05) is 6.07 Å². The summed E-state index contributed by atoms with van der Waals surface area (Å²) < 4.78 is 19.2. The summed E-state index contributed by atoms with van der Waals surface area (Å²) in [6.07, 6.45) is 7.80. The minimum Gasteiger partial charge on any atom is -0.339 e. The van der Waals surface area contributed by atoms with Crippen LogP contribution in [-0.4, -0.2) is 54.9 Å². The Bertz CT molecular complexity index is 1370. The molecular formula is C23H23N5O3S. The highest BCUT2D eigenvalue weighted by molar-refractivity contribution is 7.93. The summed E-state index contributed by atoms with van der Waals surface area (Å²) >= 11 is 0. The standard InChI is InChI=1S/C23H23N5O3S/c1-16-3-4-17(15-24)13-20(16)22(29)26-32(2,31)19-6-10-28(11-7-19)23(30)18-5-9-27-12-8-25-21(27)14-18/h3-5,8-9,12-14,19H,6-7,10-11H2,1-2H3. The van der Waals surface area contributed by atoms with Crippen LogP contribution in [0.5, 0.6) is 0 Å². The van der Waals surface area contributed by atoms with E-state index >= 15 is 0 Å². The number of carbonyl (C=O) groups is 2. The van der Waals surface area contributed by atoms with E-state index in [-0.39, 0.29) is 11.2 Å². The molecule has 3 heterocycles. The van der Waals surface area contributed by atoms with E-state index in [1.807, 2.05) is 16.7 Å². The van der Waals surface area contributed by atoms with Gasteiger partial charge in [-0.15, -0.1) is 0 Å². The quantitative estimate of drug-likeness (QED) is 0.611. The number of aryl methyl sites for hydroxylation is 1. The topological polar surface area (TPSA) is 108 Å². The Morgan fingerprint density at radius 3 is 2.66 bits per heavy atom. The fraction of sp³-hybridized carbons (Fsp3) is 0.304. The Morgan fingerprint density at radius 2 is 1.94 bits per heavy atom. The third-order valence-electron chi connectivity index (χ3n) is 5.85. The lowest BCUT2D eigenvalue weighted by Crippen LogP contribution is -2.42. The van der Waals surface area contributed by atoms with Crippen molar-refractivity contribution >= 4 is 27.2 Å². The summed E-state index contributed by atoms with van der Waals surface area (Å²) in [6, 6.07) is 10.3. The first-order valence-corrected chi connectivity index (χ1v) is 12.3. The molecule has 0 bridgehead atoms. The normalized spacial score (nSPS) is 16.3. The minimum atomic E-state index is -2.81. The van der Waals surface area contributed by atoms with Gasteiger partial charge in [-0.25, -0.2) is 9.19 Å². The van der Waals surface area contributed by atoms with Crippen molar-refractivity contribution in [2.45, 2.75) is 25.0 Å². The zero-order valence-electron chi connectivity index (χ0n) is 17.9. The molecule has 4 rings (SSSR count). The van der Waals surface area contributed by atoms with Crippen molar-refractivity contribution in [2.75, 3.05) is 19.3 Å². The first kappa shape index (κ1) is 21.7. The zero-order valence-corrected chi connectivity index (χ0v) is 18.7. The predicted octanol–water partition coefficient (Wildman–Crippen LogP) is 3.06. The molecule has 0 N–H and O–H groups in total. The van der Waals surface area contributed by atoms with Crippen LogP contribution in [0.25, 0.3) is 5.65 Å². The second-order valence-corrected chi connectivity index (χ2v) is 10.6. The van der Waals surface area contributed by atoms with Crippen LogP contribution >= 0.6 is 0 Å². The largest absolute Gasteiger partial charge is 0.339 e. The number of nitrogens with zero attached hydrogens (tertiary/aromatic N) is 5. The van der Waals surface area contributed by atoms with Gasteiger partial charge < -0.3 is 9.30 Å². The van der Waals surface area contributed by atoms with Crippen LogP contribution in [0.1, 0.15) is 44.7 Å². The van der Waals surface area contributed by atoms with Crippen molar-refractivity contribution in [3.8, 4) is 6.07 Å². The summed E-state index contributed by atoms with van der Waals surface area (Å²) in [5.74, 6) is -0.660. The van der Waals surface area contributed by atoms with E-state index in [1.165, 1.54) is 12.3 Å². The second kappa shape index (κ2) is 8.55. The predicted molar refractivity (Wildman–Crippen MR) is 121 cm³/mol. The highest BCUT2D eigenvalue weighted by Crippen LogP contribution is 2.22. The number of pyridine rings is 1. The maximum absolute atomic E-state index is 13.3. The molecule has 0 radical (unpaired) electrons. The van der Waals surface area contributed by atoms with E-state index in [0.29, 0.717) is 53.8 Å². The van der Waals surface area contributed by atoms with Gasteiger partial charge in [0.2, 0.25) is 0 Å². The van der Waals surface area contributed by atoms with Gasteiger partial charge in [0.15, 0.2) is 0 Å². The van der Waals surface area contributed by atoms with E-state index in [9.17, 15) is 13.8 Å². The summed E-state index contributed by atoms with van der Waals surface area (Å²) in [7, 11) is -2.81.